The number of hydrogen-bond donors (Lipinski definition) is 2. The van der Waals surface area contributed by atoms with Crippen LogP contribution < -0.4 is 11.1 Å². The summed E-state index contributed by atoms with van der Waals surface area (Å²) in [7, 11) is 2.61. The third-order valence-electron chi connectivity index (χ3n) is 2.41. The Morgan fingerprint density at radius 1 is 1.42 bits per heavy atom. The molecular weight excluding hydrogens is 254 g/mol. The fourth-order valence-electron chi connectivity index (χ4n) is 1.31. The third-order valence-corrected chi connectivity index (χ3v) is 2.41. The summed E-state index contributed by atoms with van der Waals surface area (Å²) >= 11 is 0. The van der Waals surface area contributed by atoms with Crippen LogP contribution in [0.15, 0.2) is 4.99 Å². The van der Waals surface area contributed by atoms with Crippen molar-refractivity contribution >= 4 is 35.3 Å². The van der Waals surface area contributed by atoms with Crippen molar-refractivity contribution in [3.8, 4) is 0 Å². The molecule has 0 aromatic carbocycles. The zero-order valence-electron chi connectivity index (χ0n) is 10.8. The second kappa shape index (κ2) is 5.38. The highest BCUT2D eigenvalue weighted by Crippen LogP contribution is 2.00. The van der Waals surface area contributed by atoms with Gasteiger partial charge in [-0.3, -0.25) is 9.59 Å². The molecule has 102 valence electrons. The number of hydrogen-bond acceptors (Lipinski definition) is 5. The van der Waals surface area contributed by atoms with Crippen molar-refractivity contribution in [3.05, 3.63) is 0 Å². The molecule has 9 nitrogen and oxygen atoms in total. The van der Waals surface area contributed by atoms with Crippen LogP contribution in [0, 0.1) is 0 Å². The zero-order chi connectivity index (χ0) is 14.7. The van der Waals surface area contributed by atoms with Crippen molar-refractivity contribution in [2.75, 3.05) is 20.6 Å². The number of amidine groups is 1. The maximum atomic E-state index is 11.8. The van der Waals surface area contributed by atoms with Crippen LogP contribution in [-0.2, 0) is 14.4 Å². The Balaban J connectivity index is 3.04. The van der Waals surface area contributed by atoms with E-state index in [9.17, 15) is 19.2 Å². The highest BCUT2D eigenvalue weighted by molar-refractivity contribution is 6.67. The predicted octanol–water partition coefficient (Wildman–Crippen LogP) is -2.32. The molecule has 3 N–H and O–H groups in total. The highest BCUT2D eigenvalue weighted by Gasteiger charge is 2.39. The normalized spacial score (nSPS) is 18.1. The van der Waals surface area contributed by atoms with E-state index >= 15 is 0 Å². The quantitative estimate of drug-likeness (QED) is 0.544. The Hall–Kier alpha value is -2.58. The maximum Gasteiger partial charge on any atom is 0.445 e. The molecule has 1 heterocycles. The van der Waals surface area contributed by atoms with Gasteiger partial charge in [-0.1, -0.05) is 0 Å². The van der Waals surface area contributed by atoms with Crippen molar-refractivity contribution in [1.82, 2.24) is 10.2 Å². The second-order valence-corrected chi connectivity index (χ2v) is 3.85. The van der Waals surface area contributed by atoms with Crippen LogP contribution >= 0.6 is 0 Å². The van der Waals surface area contributed by atoms with Gasteiger partial charge in [0.1, 0.15) is 0 Å². The number of urea groups is 1. The van der Waals surface area contributed by atoms with Gasteiger partial charge in [0.15, 0.2) is 0 Å². The lowest BCUT2D eigenvalue weighted by Crippen LogP contribution is -2.55. The topological polar surface area (TPSA) is 125 Å². The molecule has 1 aliphatic rings. The molecule has 0 fully saturated rings. The average molecular weight is 268 g/mol. The molecule has 1 aliphatic heterocycles. The lowest BCUT2D eigenvalue weighted by molar-refractivity contribution is -0.401. The number of carbonyl (C=O) groups is 4. The Kier molecular flexibility index (Phi) is 4.10. The Labute approximate surface area is 108 Å². The number of amides is 5. The minimum Gasteiger partial charge on any atom is -0.347 e. The molecule has 0 saturated heterocycles. The van der Waals surface area contributed by atoms with Gasteiger partial charge in [0.25, 0.3) is 11.7 Å². The first-order chi connectivity index (χ1) is 8.75. The van der Waals surface area contributed by atoms with E-state index in [2.05, 4.69) is 10.3 Å². The van der Waals surface area contributed by atoms with Gasteiger partial charge >= 0.3 is 11.9 Å². The Morgan fingerprint density at radius 2 is 2.00 bits per heavy atom. The van der Waals surface area contributed by atoms with Crippen LogP contribution in [0.2, 0.25) is 0 Å². The summed E-state index contributed by atoms with van der Waals surface area (Å²) in [6.07, 6.45) is 0. The standard InChI is InChI=1S/C10H13N5O4/c1-5(16)12-4-6(17)13-7-8(11)14(2)10(19)15(3)9(7)18/h11H,4H2,1-3H3,(H,12,16)/p+1. The zero-order valence-corrected chi connectivity index (χ0v) is 10.8. The first-order valence-electron chi connectivity index (χ1n) is 5.30. The van der Waals surface area contributed by atoms with E-state index in [1.54, 1.807) is 0 Å². The summed E-state index contributed by atoms with van der Waals surface area (Å²) < 4.78 is 1.01. The second-order valence-electron chi connectivity index (χ2n) is 3.85. The minimum atomic E-state index is -0.767. The first-order valence-corrected chi connectivity index (χ1v) is 5.30. The van der Waals surface area contributed by atoms with E-state index in [1.165, 1.54) is 21.0 Å². The van der Waals surface area contributed by atoms with Crippen molar-refractivity contribution in [1.29, 1.82) is 0 Å². The largest absolute Gasteiger partial charge is 0.445 e. The van der Waals surface area contributed by atoms with Gasteiger partial charge in [-0.2, -0.15) is 14.5 Å². The van der Waals surface area contributed by atoms with E-state index in [-0.39, 0.29) is 18.1 Å². The van der Waals surface area contributed by atoms with E-state index in [1.807, 2.05) is 0 Å². The van der Waals surface area contributed by atoms with Gasteiger partial charge in [0, 0.05) is 6.92 Å². The lowest BCUT2D eigenvalue weighted by atomic mass is 10.2. The molecule has 0 unspecified atom stereocenters. The van der Waals surface area contributed by atoms with Gasteiger partial charge in [0.05, 0.1) is 20.6 Å². The van der Waals surface area contributed by atoms with Crippen molar-refractivity contribution < 1.29 is 23.8 Å². The molecule has 0 bridgehead atoms. The molecule has 0 spiro atoms. The summed E-state index contributed by atoms with van der Waals surface area (Å²) in [6, 6.07) is -0.615. The van der Waals surface area contributed by atoms with Crippen molar-refractivity contribution in [2.24, 2.45) is 10.7 Å². The molecule has 0 saturated carbocycles. The Morgan fingerprint density at radius 3 is 2.53 bits per heavy atom. The molecular formula is C10H14N5O4+. The molecule has 0 aromatic rings. The van der Waals surface area contributed by atoms with E-state index < -0.39 is 23.8 Å². The number of nitrogens with zero attached hydrogens (tertiary/aromatic N) is 3. The SMILES string of the molecule is CC(=O)NCC(=O)N=C1C(=O)N(C)C(=O)[N+](C)=C1N. The summed E-state index contributed by atoms with van der Waals surface area (Å²) in [6.45, 7) is 0.896. The van der Waals surface area contributed by atoms with Gasteiger partial charge in [-0.05, 0) is 0 Å². The van der Waals surface area contributed by atoms with Crippen LogP contribution in [0.1, 0.15) is 6.92 Å². The number of rotatable bonds is 2. The van der Waals surface area contributed by atoms with Crippen LogP contribution in [0.25, 0.3) is 0 Å². The number of carbonyl (C=O) groups excluding carboxylic acids is 4. The molecule has 19 heavy (non-hydrogen) atoms. The fraction of sp³-hybridized carbons (Fsp3) is 0.400. The minimum absolute atomic E-state index is 0.204. The summed E-state index contributed by atoms with van der Waals surface area (Å²) in [5, 5.41) is 2.24. The lowest BCUT2D eigenvalue weighted by Gasteiger charge is -2.17. The molecule has 9 heteroatoms. The number of aliphatic imine (C=N–C) groups is 1. The number of nitrogens with two attached hydrogens (primary N) is 1. The average Bonchev–Trinajstić information content (AvgIpc) is 2.36. The maximum absolute atomic E-state index is 11.8. The van der Waals surface area contributed by atoms with Gasteiger partial charge < -0.3 is 11.1 Å². The molecule has 0 atom stereocenters. The summed E-state index contributed by atoms with van der Waals surface area (Å²) in [5.41, 5.74) is 5.25. The van der Waals surface area contributed by atoms with Gasteiger partial charge in [-0.25, -0.2) is 9.59 Å². The molecule has 5 amide bonds. The van der Waals surface area contributed by atoms with Crippen molar-refractivity contribution in [2.45, 2.75) is 6.92 Å². The van der Waals surface area contributed by atoms with Crippen LogP contribution in [-0.4, -0.2) is 65.4 Å². The van der Waals surface area contributed by atoms with Crippen LogP contribution in [0.4, 0.5) is 4.79 Å². The fourth-order valence-corrected chi connectivity index (χ4v) is 1.31. The first kappa shape index (κ1) is 14.5. The van der Waals surface area contributed by atoms with Crippen LogP contribution in [0.3, 0.4) is 0 Å². The smallest absolute Gasteiger partial charge is 0.347 e. The summed E-state index contributed by atoms with van der Waals surface area (Å²) in [5.74, 6) is -2.11. The van der Waals surface area contributed by atoms with E-state index in [4.69, 9.17) is 5.73 Å². The predicted molar refractivity (Wildman–Crippen MR) is 64.7 cm³/mol. The summed E-state index contributed by atoms with van der Waals surface area (Å²) in [4.78, 5) is 49.7. The molecule has 1 rings (SSSR count). The highest BCUT2D eigenvalue weighted by atomic mass is 16.2. The van der Waals surface area contributed by atoms with E-state index in [0.717, 1.165) is 9.48 Å². The number of nitrogens with one attached hydrogen (secondary N) is 1. The monoisotopic (exact) mass is 268 g/mol. The third kappa shape index (κ3) is 3.00. The van der Waals surface area contributed by atoms with Crippen LogP contribution in [0.5, 0.6) is 0 Å². The molecule has 0 aromatic heterocycles. The van der Waals surface area contributed by atoms with E-state index in [0.29, 0.717) is 0 Å². The van der Waals surface area contributed by atoms with Gasteiger partial charge in [-0.15, -0.1) is 0 Å². The van der Waals surface area contributed by atoms with Gasteiger partial charge in [0.2, 0.25) is 11.6 Å². The molecule has 0 radical (unpaired) electrons. The Bertz CT molecular complexity index is 534. The number of imide groups is 1. The van der Waals surface area contributed by atoms with Crippen molar-refractivity contribution in [3.63, 3.8) is 0 Å². The molecule has 0 aliphatic carbocycles.